The van der Waals surface area contributed by atoms with E-state index in [0.717, 1.165) is 10.9 Å². The van der Waals surface area contributed by atoms with E-state index in [-0.39, 0.29) is 31.1 Å². The molecule has 0 saturated heterocycles. The molecule has 40 heavy (non-hydrogen) atoms. The summed E-state index contributed by atoms with van der Waals surface area (Å²) >= 11 is 3.95. The van der Waals surface area contributed by atoms with Crippen LogP contribution in [-0.4, -0.2) is 82.1 Å². The lowest BCUT2D eigenvalue weighted by Gasteiger charge is -2.24. The molecule has 1 aromatic carbocycles. The van der Waals surface area contributed by atoms with Gasteiger partial charge >= 0.3 is 5.97 Å². The fourth-order valence-electron chi connectivity index (χ4n) is 3.80. The van der Waals surface area contributed by atoms with Crippen molar-refractivity contribution in [3.63, 3.8) is 0 Å². The second-order valence-corrected chi connectivity index (χ2v) is 9.36. The number of hydrogen-bond acceptors (Lipinski definition) is 8. The number of nitrogens with two attached hydrogens (primary N) is 4. The number of aliphatic imine (C=N–C) groups is 1. The molecular weight excluding hydrogens is 542 g/mol. The number of carbonyl (C=O) groups is 5. The van der Waals surface area contributed by atoms with Gasteiger partial charge < -0.3 is 49.0 Å². The summed E-state index contributed by atoms with van der Waals surface area (Å²) in [5.74, 6) is -4.93. The SMILES string of the molecule is NC(=O)CC(NC(=O)C(N)CCCN=C(N)N)C(=O)NC(Cc1c[nH]c2ccccc12)C(=O)NC(CS)C(=O)O. The number of guanidine groups is 1. The van der Waals surface area contributed by atoms with Gasteiger partial charge in [-0.1, -0.05) is 18.2 Å². The Labute approximate surface area is 235 Å². The van der Waals surface area contributed by atoms with E-state index in [1.54, 1.807) is 12.3 Å². The number of carbonyl (C=O) groups excluding carboxylic acids is 4. The third-order valence-electron chi connectivity index (χ3n) is 5.87. The molecule has 0 fully saturated rings. The number of nitrogens with zero attached hydrogens (tertiary/aromatic N) is 1. The molecule has 0 spiro atoms. The summed E-state index contributed by atoms with van der Waals surface area (Å²) in [7, 11) is 0. The van der Waals surface area contributed by atoms with Gasteiger partial charge in [-0.2, -0.15) is 12.6 Å². The Morgan fingerprint density at radius 1 is 0.950 bits per heavy atom. The van der Waals surface area contributed by atoms with Crippen LogP contribution in [-0.2, 0) is 30.4 Å². The number of rotatable bonds is 16. The maximum Gasteiger partial charge on any atom is 0.327 e. The van der Waals surface area contributed by atoms with Gasteiger partial charge in [-0.25, -0.2) is 4.79 Å². The highest BCUT2D eigenvalue weighted by atomic mass is 32.1. The van der Waals surface area contributed by atoms with Crippen molar-refractivity contribution in [3.8, 4) is 0 Å². The second kappa shape index (κ2) is 15.3. The van der Waals surface area contributed by atoms with E-state index in [1.165, 1.54) is 0 Å². The third kappa shape index (κ3) is 9.77. The molecule has 16 heteroatoms. The molecule has 4 unspecified atom stereocenters. The molecule has 2 rings (SSSR count). The summed E-state index contributed by atoms with van der Waals surface area (Å²) in [5, 5.41) is 17.4. The Hall–Kier alpha value is -4.31. The maximum absolute atomic E-state index is 13.2. The van der Waals surface area contributed by atoms with Crippen LogP contribution in [0.25, 0.3) is 10.9 Å². The molecule has 13 N–H and O–H groups in total. The maximum atomic E-state index is 13.2. The standard InChI is InChI=1S/C24H35N9O6S/c25-14(5-3-7-29-24(27)28)20(35)31-17(9-19(26)34)22(37)32-16(21(36)33-18(11-40)23(38)39)8-12-10-30-15-6-2-1-4-13(12)15/h1-2,4,6,10,14,16-18,30,40H,3,5,7-9,11,25H2,(H2,26,34)(H,31,35)(H,32,37)(H,33,36)(H,38,39)(H4,27,28,29). The first-order valence-electron chi connectivity index (χ1n) is 12.3. The minimum absolute atomic E-state index is 0.0396. The summed E-state index contributed by atoms with van der Waals surface area (Å²) in [6, 6.07) is 2.16. The van der Waals surface area contributed by atoms with Gasteiger partial charge in [0.1, 0.15) is 18.1 Å². The van der Waals surface area contributed by atoms with Crippen LogP contribution in [0.5, 0.6) is 0 Å². The lowest BCUT2D eigenvalue weighted by Crippen LogP contribution is -2.58. The van der Waals surface area contributed by atoms with E-state index in [1.807, 2.05) is 18.2 Å². The van der Waals surface area contributed by atoms with E-state index in [0.29, 0.717) is 12.0 Å². The molecule has 0 aliphatic rings. The number of thiol groups is 1. The van der Waals surface area contributed by atoms with Gasteiger partial charge in [0.2, 0.25) is 23.6 Å². The zero-order valence-corrected chi connectivity index (χ0v) is 22.5. The third-order valence-corrected chi connectivity index (χ3v) is 6.24. The van der Waals surface area contributed by atoms with Crippen LogP contribution < -0.4 is 38.9 Å². The number of H-pyrrole nitrogens is 1. The molecule has 0 bridgehead atoms. The second-order valence-electron chi connectivity index (χ2n) is 8.99. The normalized spacial score (nSPS) is 13.8. The Balaban J connectivity index is 2.23. The van der Waals surface area contributed by atoms with Crippen LogP contribution in [0.15, 0.2) is 35.5 Å². The largest absolute Gasteiger partial charge is 0.480 e. The average molecular weight is 578 g/mol. The number of carboxylic acids is 1. The molecule has 1 aromatic heterocycles. The highest BCUT2D eigenvalue weighted by Gasteiger charge is 2.31. The molecular formula is C24H35N9O6S. The topological polar surface area (TPSA) is 274 Å². The van der Waals surface area contributed by atoms with Gasteiger partial charge in [-0.05, 0) is 24.5 Å². The molecule has 2 aromatic rings. The van der Waals surface area contributed by atoms with Crippen molar-refractivity contribution >= 4 is 59.1 Å². The Morgan fingerprint density at radius 2 is 1.57 bits per heavy atom. The van der Waals surface area contributed by atoms with E-state index in [2.05, 4.69) is 38.6 Å². The Morgan fingerprint density at radius 3 is 2.20 bits per heavy atom. The first kappa shape index (κ1) is 31.9. The number of amides is 4. The number of hydrogen-bond donors (Lipinski definition) is 10. The van der Waals surface area contributed by atoms with E-state index < -0.39 is 60.2 Å². The van der Waals surface area contributed by atoms with Crippen molar-refractivity contribution in [1.29, 1.82) is 0 Å². The average Bonchev–Trinajstić information content (AvgIpc) is 3.30. The lowest BCUT2D eigenvalue weighted by molar-refractivity contribution is -0.141. The Kier molecular flexibility index (Phi) is 12.2. The number of nitrogens with one attached hydrogen (secondary N) is 4. The van der Waals surface area contributed by atoms with Gasteiger partial charge in [0.25, 0.3) is 0 Å². The van der Waals surface area contributed by atoms with Gasteiger partial charge in [-0.15, -0.1) is 0 Å². The molecule has 15 nitrogen and oxygen atoms in total. The summed E-state index contributed by atoms with van der Waals surface area (Å²) in [4.78, 5) is 69.0. The number of carboxylic acid groups (broad SMARTS) is 1. The van der Waals surface area contributed by atoms with Crippen LogP contribution in [0.1, 0.15) is 24.8 Å². The van der Waals surface area contributed by atoms with Crippen LogP contribution in [0.3, 0.4) is 0 Å². The minimum atomic E-state index is -1.45. The quantitative estimate of drug-likeness (QED) is 0.0434. The first-order valence-corrected chi connectivity index (χ1v) is 12.9. The number of para-hydroxylation sites is 1. The molecule has 0 aliphatic heterocycles. The van der Waals surface area contributed by atoms with Crippen molar-refractivity contribution < 1.29 is 29.1 Å². The molecule has 0 aliphatic carbocycles. The molecule has 218 valence electrons. The van der Waals surface area contributed by atoms with Crippen molar-refractivity contribution in [1.82, 2.24) is 20.9 Å². The molecule has 4 amide bonds. The lowest BCUT2D eigenvalue weighted by atomic mass is 10.0. The Bertz CT molecular complexity index is 1250. The van der Waals surface area contributed by atoms with Gasteiger partial charge in [0.15, 0.2) is 5.96 Å². The fraction of sp³-hybridized carbons (Fsp3) is 0.417. The number of fused-ring (bicyclic) bond motifs is 1. The number of benzene rings is 1. The van der Waals surface area contributed by atoms with E-state index in [4.69, 9.17) is 22.9 Å². The molecule has 1 heterocycles. The number of primary amides is 1. The summed E-state index contributed by atoms with van der Waals surface area (Å²) in [5.41, 5.74) is 23.2. The van der Waals surface area contributed by atoms with E-state index >= 15 is 0 Å². The highest BCUT2D eigenvalue weighted by Crippen LogP contribution is 2.19. The smallest absolute Gasteiger partial charge is 0.327 e. The highest BCUT2D eigenvalue weighted by molar-refractivity contribution is 7.80. The number of aromatic amines is 1. The van der Waals surface area contributed by atoms with Crippen molar-refractivity contribution in [2.24, 2.45) is 27.9 Å². The zero-order valence-electron chi connectivity index (χ0n) is 21.6. The molecule has 0 saturated carbocycles. The minimum Gasteiger partial charge on any atom is -0.480 e. The molecule has 4 atom stereocenters. The van der Waals surface area contributed by atoms with Crippen molar-refractivity contribution in [2.75, 3.05) is 12.3 Å². The molecule has 0 radical (unpaired) electrons. The van der Waals surface area contributed by atoms with Crippen molar-refractivity contribution in [2.45, 2.75) is 49.9 Å². The van der Waals surface area contributed by atoms with Gasteiger partial charge in [0, 0.05) is 35.8 Å². The van der Waals surface area contributed by atoms with Crippen LogP contribution in [0.2, 0.25) is 0 Å². The summed E-state index contributed by atoms with van der Waals surface area (Å²) < 4.78 is 0. The first-order chi connectivity index (χ1) is 18.9. The monoisotopic (exact) mass is 577 g/mol. The van der Waals surface area contributed by atoms with Crippen molar-refractivity contribution in [3.05, 3.63) is 36.0 Å². The summed E-state index contributed by atoms with van der Waals surface area (Å²) in [6.07, 6.45) is 1.60. The zero-order chi connectivity index (χ0) is 29.8. The van der Waals surface area contributed by atoms with Crippen LogP contribution >= 0.6 is 12.6 Å². The van der Waals surface area contributed by atoms with Gasteiger partial charge in [0.05, 0.1) is 12.5 Å². The number of aliphatic carboxylic acids is 1. The van der Waals surface area contributed by atoms with Gasteiger partial charge in [-0.3, -0.25) is 24.2 Å². The predicted molar refractivity (Wildman–Crippen MR) is 151 cm³/mol. The van der Waals surface area contributed by atoms with Crippen LogP contribution in [0, 0.1) is 0 Å². The van der Waals surface area contributed by atoms with E-state index in [9.17, 15) is 29.1 Å². The number of aromatic nitrogens is 1. The summed E-state index contributed by atoms with van der Waals surface area (Å²) in [6.45, 7) is 0.239. The van der Waals surface area contributed by atoms with Crippen LogP contribution in [0.4, 0.5) is 0 Å². The fourth-order valence-corrected chi connectivity index (χ4v) is 4.05. The predicted octanol–water partition coefficient (Wildman–Crippen LogP) is -2.56.